The molecule has 0 unspecified atom stereocenters. The summed E-state index contributed by atoms with van der Waals surface area (Å²) < 4.78 is 9.55. The van der Waals surface area contributed by atoms with Crippen LogP contribution in [0.2, 0.25) is 0 Å². The number of rotatable bonds is 4. The molecule has 3 N–H and O–H groups in total. The average molecular weight is 307 g/mol. The van der Waals surface area contributed by atoms with Gasteiger partial charge in [0, 0.05) is 0 Å². The van der Waals surface area contributed by atoms with E-state index in [1.807, 2.05) is 12.1 Å². The molecule has 3 rings (SSSR count). The molecule has 102 valence electrons. The lowest BCUT2D eigenvalue weighted by atomic mass is 10.2. The van der Waals surface area contributed by atoms with Gasteiger partial charge in [-0.2, -0.15) is 8.75 Å². The highest BCUT2D eigenvalue weighted by Crippen LogP contribution is 2.21. The summed E-state index contributed by atoms with van der Waals surface area (Å²) in [5, 5.41) is 10.7. The summed E-state index contributed by atoms with van der Waals surface area (Å²) >= 11 is 2.32. The van der Waals surface area contributed by atoms with E-state index in [0.717, 1.165) is 17.2 Å². The zero-order valence-electron chi connectivity index (χ0n) is 10.1. The molecule has 0 bridgehead atoms. The Kier molecular flexibility index (Phi) is 3.48. The molecule has 3 aromatic rings. The van der Waals surface area contributed by atoms with Gasteiger partial charge in [0.25, 0.3) is 0 Å². The highest BCUT2D eigenvalue weighted by Gasteiger charge is 2.10. The number of anilines is 1. The Morgan fingerprint density at radius 3 is 3.15 bits per heavy atom. The van der Waals surface area contributed by atoms with Crippen molar-refractivity contribution < 1.29 is 4.79 Å². The van der Waals surface area contributed by atoms with Gasteiger partial charge in [-0.05, 0) is 12.1 Å². The Labute approximate surface area is 121 Å². The van der Waals surface area contributed by atoms with E-state index in [9.17, 15) is 4.79 Å². The Morgan fingerprint density at radius 2 is 2.35 bits per heavy atom. The molecule has 10 heteroatoms. The summed E-state index contributed by atoms with van der Waals surface area (Å²) in [6, 6.07) is 5.46. The largest absolute Gasteiger partial charge is 0.336 e. The highest BCUT2D eigenvalue weighted by molar-refractivity contribution is 7.99. The average Bonchev–Trinajstić information content (AvgIpc) is 3.06. The van der Waals surface area contributed by atoms with Crippen LogP contribution >= 0.6 is 23.5 Å². The van der Waals surface area contributed by atoms with E-state index in [-0.39, 0.29) is 11.7 Å². The zero-order chi connectivity index (χ0) is 13.9. The molecule has 8 nitrogen and oxygen atoms in total. The second-order valence-electron chi connectivity index (χ2n) is 3.80. The summed E-state index contributed by atoms with van der Waals surface area (Å²) in [6.07, 6.45) is 1.38. The van der Waals surface area contributed by atoms with E-state index in [2.05, 4.69) is 24.3 Å². The van der Waals surface area contributed by atoms with E-state index >= 15 is 0 Å². The molecule has 2 aromatic heterocycles. The number of thioether (sulfide) groups is 1. The van der Waals surface area contributed by atoms with Gasteiger partial charge in [-0.1, -0.05) is 17.8 Å². The van der Waals surface area contributed by atoms with Crippen molar-refractivity contribution in [3.63, 3.8) is 0 Å². The number of amides is 1. The van der Waals surface area contributed by atoms with Crippen molar-refractivity contribution in [2.75, 3.05) is 16.9 Å². The minimum Gasteiger partial charge on any atom is -0.336 e. The van der Waals surface area contributed by atoms with E-state index < -0.39 is 0 Å². The number of nitrogens with one attached hydrogen (secondary N) is 1. The van der Waals surface area contributed by atoms with Crippen molar-refractivity contribution in [3.05, 3.63) is 24.5 Å². The lowest BCUT2D eigenvalue weighted by molar-refractivity contribution is -0.113. The fourth-order valence-corrected chi connectivity index (χ4v) is 2.74. The molecular weight excluding hydrogens is 298 g/mol. The maximum absolute atomic E-state index is 11.9. The van der Waals surface area contributed by atoms with Gasteiger partial charge in [0.2, 0.25) is 11.1 Å². The molecule has 1 aromatic carbocycles. The number of nitrogen functional groups attached to an aromatic ring is 1. The fraction of sp³-hybridized carbons (Fsp3) is 0.100. The zero-order valence-corrected chi connectivity index (χ0v) is 11.7. The lowest BCUT2D eigenvalue weighted by Gasteiger charge is -2.04. The Morgan fingerprint density at radius 1 is 1.45 bits per heavy atom. The molecule has 0 saturated heterocycles. The third-order valence-corrected chi connectivity index (χ3v) is 3.93. The van der Waals surface area contributed by atoms with Gasteiger partial charge in [0.1, 0.15) is 17.4 Å². The summed E-state index contributed by atoms with van der Waals surface area (Å²) in [6.45, 7) is 0. The molecule has 2 heterocycles. The number of benzene rings is 1. The van der Waals surface area contributed by atoms with Gasteiger partial charge in [-0.3, -0.25) is 4.79 Å². The van der Waals surface area contributed by atoms with Crippen molar-refractivity contribution in [2.24, 2.45) is 0 Å². The highest BCUT2D eigenvalue weighted by atomic mass is 32.2. The first-order valence-corrected chi connectivity index (χ1v) is 7.24. The van der Waals surface area contributed by atoms with Crippen LogP contribution in [0.15, 0.2) is 29.7 Å². The summed E-state index contributed by atoms with van der Waals surface area (Å²) in [5.41, 5.74) is 2.11. The van der Waals surface area contributed by atoms with E-state index in [0.29, 0.717) is 16.4 Å². The first-order valence-electron chi connectivity index (χ1n) is 5.53. The second-order valence-corrected chi connectivity index (χ2v) is 5.27. The van der Waals surface area contributed by atoms with Crippen LogP contribution in [-0.4, -0.2) is 35.3 Å². The fourth-order valence-electron chi connectivity index (χ4n) is 1.56. The first kappa shape index (κ1) is 12.8. The van der Waals surface area contributed by atoms with Crippen molar-refractivity contribution in [3.8, 4) is 0 Å². The molecule has 20 heavy (non-hydrogen) atoms. The smallest absolute Gasteiger partial charge is 0.234 e. The molecular formula is C10H9N7OS2. The number of hydrogen-bond acceptors (Lipinski definition) is 8. The monoisotopic (exact) mass is 307 g/mol. The summed E-state index contributed by atoms with van der Waals surface area (Å²) in [5.74, 6) is 5.58. The van der Waals surface area contributed by atoms with Gasteiger partial charge in [0.05, 0.1) is 23.2 Å². The van der Waals surface area contributed by atoms with Crippen LogP contribution in [0, 0.1) is 0 Å². The maximum Gasteiger partial charge on any atom is 0.234 e. The van der Waals surface area contributed by atoms with Gasteiger partial charge in [0.15, 0.2) is 0 Å². The van der Waals surface area contributed by atoms with Crippen molar-refractivity contribution in [2.45, 2.75) is 5.16 Å². The lowest BCUT2D eigenvalue weighted by Crippen LogP contribution is -2.15. The van der Waals surface area contributed by atoms with Gasteiger partial charge in [-0.25, -0.2) is 4.68 Å². The predicted octanol–water partition coefficient (Wildman–Crippen LogP) is 0.727. The topological polar surface area (TPSA) is 112 Å². The molecule has 0 aliphatic carbocycles. The molecule has 0 radical (unpaired) electrons. The van der Waals surface area contributed by atoms with Gasteiger partial charge >= 0.3 is 0 Å². The van der Waals surface area contributed by atoms with Crippen LogP contribution in [0.25, 0.3) is 11.0 Å². The number of nitrogens with two attached hydrogens (primary N) is 1. The molecule has 1 amide bonds. The molecule has 0 atom stereocenters. The Hall–Kier alpha value is -2.20. The molecule has 0 saturated carbocycles. The first-order chi connectivity index (χ1) is 9.74. The normalized spacial score (nSPS) is 10.8. The van der Waals surface area contributed by atoms with E-state index in [1.165, 1.54) is 22.8 Å². The van der Waals surface area contributed by atoms with E-state index in [1.54, 1.807) is 6.07 Å². The third kappa shape index (κ3) is 2.56. The van der Waals surface area contributed by atoms with Crippen LogP contribution in [0.1, 0.15) is 0 Å². The second kappa shape index (κ2) is 5.43. The van der Waals surface area contributed by atoms with Crippen LogP contribution in [0.5, 0.6) is 0 Å². The SMILES string of the molecule is Nn1cnnc1SCC(=O)Nc1cccc2nsnc12. The number of carbonyl (C=O) groups is 1. The summed E-state index contributed by atoms with van der Waals surface area (Å²) in [7, 11) is 0. The van der Waals surface area contributed by atoms with E-state index in [4.69, 9.17) is 5.84 Å². The number of hydrogen-bond donors (Lipinski definition) is 2. The van der Waals surface area contributed by atoms with Gasteiger partial charge in [-0.15, -0.1) is 10.2 Å². The molecule has 0 aliphatic rings. The molecule has 0 spiro atoms. The van der Waals surface area contributed by atoms with Crippen molar-refractivity contribution >= 4 is 46.1 Å². The Balaban J connectivity index is 1.67. The molecule has 0 fully saturated rings. The number of fused-ring (bicyclic) bond motifs is 1. The standard InChI is InChI=1S/C10H9N7OS2/c11-17-5-12-14-10(17)19-4-8(18)13-6-2-1-3-7-9(6)16-20-15-7/h1-3,5H,4,11H2,(H,13,18). The maximum atomic E-state index is 11.9. The van der Waals surface area contributed by atoms with Gasteiger partial charge < -0.3 is 11.2 Å². The number of carbonyl (C=O) groups excluding carboxylic acids is 1. The minimum absolute atomic E-state index is 0.168. The van der Waals surface area contributed by atoms with Crippen LogP contribution in [0.3, 0.4) is 0 Å². The van der Waals surface area contributed by atoms with Crippen molar-refractivity contribution in [1.29, 1.82) is 0 Å². The quantitative estimate of drug-likeness (QED) is 0.539. The van der Waals surface area contributed by atoms with Crippen LogP contribution < -0.4 is 11.2 Å². The van der Waals surface area contributed by atoms with Crippen LogP contribution in [0.4, 0.5) is 5.69 Å². The predicted molar refractivity (Wildman–Crippen MR) is 76.9 cm³/mol. The third-order valence-electron chi connectivity index (χ3n) is 2.43. The van der Waals surface area contributed by atoms with Crippen LogP contribution in [-0.2, 0) is 4.79 Å². The summed E-state index contributed by atoms with van der Waals surface area (Å²) in [4.78, 5) is 11.9. The number of aromatic nitrogens is 5. The minimum atomic E-state index is -0.168. The molecule has 0 aliphatic heterocycles. The Bertz CT molecular complexity index is 753. The van der Waals surface area contributed by atoms with Crippen molar-refractivity contribution in [1.82, 2.24) is 23.6 Å². The number of nitrogens with zero attached hydrogens (tertiary/aromatic N) is 5.